The molecule has 7 nitrogen and oxygen atoms in total. The minimum Gasteiger partial charge on any atom is -0.305 e. The number of carbonyl (C=O) groups excluding carboxylic acids is 1. The van der Waals surface area contributed by atoms with Crippen molar-refractivity contribution in [3.05, 3.63) is 78.1 Å². The lowest BCUT2D eigenvalue weighted by Crippen LogP contribution is -2.43. The third-order valence-electron chi connectivity index (χ3n) is 4.98. The van der Waals surface area contributed by atoms with Gasteiger partial charge in [0, 0.05) is 12.0 Å². The average molecular weight is 438 g/mol. The minimum atomic E-state index is -3.70. The molecule has 1 aliphatic heterocycles. The van der Waals surface area contributed by atoms with Crippen molar-refractivity contribution in [2.24, 2.45) is 0 Å². The molecule has 0 aliphatic carbocycles. The van der Waals surface area contributed by atoms with Crippen LogP contribution in [0, 0.1) is 0 Å². The zero-order valence-electron chi connectivity index (χ0n) is 17.5. The summed E-state index contributed by atoms with van der Waals surface area (Å²) in [6.07, 6.45) is 2.19. The molecule has 1 N–H and O–H groups in total. The van der Waals surface area contributed by atoms with E-state index in [2.05, 4.69) is 5.32 Å². The summed E-state index contributed by atoms with van der Waals surface area (Å²) in [4.78, 5) is 18.2. The molecule has 0 spiro atoms. The van der Waals surface area contributed by atoms with Crippen LogP contribution >= 0.6 is 7.60 Å². The summed E-state index contributed by atoms with van der Waals surface area (Å²) in [5, 5.41) is 3.10. The number of nitrogens with zero attached hydrogens (tertiary/aromatic N) is 2. The van der Waals surface area contributed by atoms with E-state index in [4.69, 9.17) is 14.0 Å². The molecule has 2 aromatic carbocycles. The Labute approximate surface area is 181 Å². The lowest BCUT2D eigenvalue weighted by Gasteiger charge is -2.17. The first kappa shape index (κ1) is 21.4. The first-order valence-electron chi connectivity index (χ1n) is 10.3. The molecule has 1 aromatic heterocycles. The highest BCUT2D eigenvalue weighted by Gasteiger charge is 2.54. The zero-order chi connectivity index (χ0) is 21.8. The SMILES string of the molecule is CCOP(=O)(OCC)C1Nc2c(Cc3ccccc3)nc(-c3ccccc3)c[n+]2C1=O. The molecular weight excluding hydrogens is 413 g/mol. The van der Waals surface area contributed by atoms with Gasteiger partial charge in [-0.05, 0) is 19.4 Å². The molecule has 2 heterocycles. The van der Waals surface area contributed by atoms with E-state index < -0.39 is 13.4 Å². The Morgan fingerprint density at radius 3 is 2.23 bits per heavy atom. The van der Waals surface area contributed by atoms with Gasteiger partial charge in [0.2, 0.25) is 0 Å². The van der Waals surface area contributed by atoms with Crippen LogP contribution in [0.2, 0.25) is 0 Å². The summed E-state index contributed by atoms with van der Waals surface area (Å²) in [5.41, 5.74) is 3.29. The molecule has 0 radical (unpaired) electrons. The van der Waals surface area contributed by atoms with Crippen molar-refractivity contribution < 1.29 is 23.0 Å². The lowest BCUT2D eigenvalue weighted by atomic mass is 10.1. The molecule has 3 aromatic rings. The van der Waals surface area contributed by atoms with Crippen molar-refractivity contribution in [1.82, 2.24) is 4.98 Å². The molecule has 8 heteroatoms. The predicted octanol–water partition coefficient (Wildman–Crippen LogP) is 4.28. The fourth-order valence-electron chi connectivity index (χ4n) is 3.62. The molecular formula is C23H25N3O4P+. The summed E-state index contributed by atoms with van der Waals surface area (Å²) in [5.74, 6) is -0.984. The van der Waals surface area contributed by atoms with Gasteiger partial charge in [-0.3, -0.25) is 4.57 Å². The largest absolute Gasteiger partial charge is 0.386 e. The third-order valence-corrected chi connectivity index (χ3v) is 7.20. The van der Waals surface area contributed by atoms with Crippen LogP contribution in [0.3, 0.4) is 0 Å². The van der Waals surface area contributed by atoms with Gasteiger partial charge in [-0.1, -0.05) is 60.7 Å². The summed E-state index contributed by atoms with van der Waals surface area (Å²) >= 11 is 0. The number of carbonyl (C=O) groups is 1. The normalized spacial score (nSPS) is 15.5. The Hall–Kier alpha value is -2.86. The van der Waals surface area contributed by atoms with Gasteiger partial charge >= 0.3 is 19.3 Å². The molecule has 0 bridgehead atoms. The number of anilines is 1. The molecule has 1 aliphatic rings. The first-order chi connectivity index (χ1) is 15.1. The highest BCUT2D eigenvalue weighted by molar-refractivity contribution is 7.55. The van der Waals surface area contributed by atoms with Crippen molar-refractivity contribution in [2.45, 2.75) is 26.1 Å². The number of nitrogens with one attached hydrogen (secondary N) is 1. The second-order valence-corrected chi connectivity index (χ2v) is 9.19. The van der Waals surface area contributed by atoms with Crippen LogP contribution in [-0.2, 0) is 20.0 Å². The van der Waals surface area contributed by atoms with Crippen LogP contribution in [0.15, 0.2) is 66.9 Å². The average Bonchev–Trinajstić information content (AvgIpc) is 3.13. The van der Waals surface area contributed by atoms with Crippen LogP contribution in [-0.4, -0.2) is 29.9 Å². The van der Waals surface area contributed by atoms with Crippen LogP contribution < -0.4 is 9.88 Å². The number of hydrogen-bond donors (Lipinski definition) is 1. The van der Waals surface area contributed by atoms with Gasteiger partial charge in [0.25, 0.3) is 5.78 Å². The van der Waals surface area contributed by atoms with Crippen molar-refractivity contribution in [3.63, 3.8) is 0 Å². The lowest BCUT2D eigenvalue weighted by molar-refractivity contribution is -0.552. The maximum Gasteiger partial charge on any atom is 0.386 e. The topological polar surface area (TPSA) is 81.4 Å². The molecule has 31 heavy (non-hydrogen) atoms. The van der Waals surface area contributed by atoms with E-state index in [0.717, 1.165) is 11.1 Å². The number of aromatic nitrogens is 2. The van der Waals surface area contributed by atoms with Crippen molar-refractivity contribution >= 4 is 19.3 Å². The fourth-order valence-corrected chi connectivity index (χ4v) is 5.39. The second-order valence-electron chi connectivity index (χ2n) is 7.08. The maximum atomic E-state index is 13.4. The molecule has 0 amide bonds. The van der Waals surface area contributed by atoms with Crippen LogP contribution in [0.5, 0.6) is 0 Å². The van der Waals surface area contributed by atoms with Gasteiger partial charge in [-0.25, -0.2) is 15.1 Å². The Bertz CT molecular complexity index is 1110. The van der Waals surface area contributed by atoms with Crippen molar-refractivity contribution in [2.75, 3.05) is 18.5 Å². The van der Waals surface area contributed by atoms with Gasteiger partial charge in [0.15, 0.2) is 0 Å². The highest BCUT2D eigenvalue weighted by Crippen LogP contribution is 2.54. The van der Waals surface area contributed by atoms with Gasteiger partial charge < -0.3 is 9.05 Å². The monoisotopic (exact) mass is 438 g/mol. The molecule has 0 saturated carbocycles. The Kier molecular flexibility index (Phi) is 6.28. The summed E-state index contributed by atoms with van der Waals surface area (Å²) in [6, 6.07) is 19.6. The van der Waals surface area contributed by atoms with E-state index in [9.17, 15) is 9.36 Å². The zero-order valence-corrected chi connectivity index (χ0v) is 18.4. The van der Waals surface area contributed by atoms with E-state index in [-0.39, 0.29) is 19.1 Å². The van der Waals surface area contributed by atoms with Crippen molar-refractivity contribution in [3.8, 4) is 11.3 Å². The van der Waals surface area contributed by atoms with Crippen LogP contribution in [0.25, 0.3) is 11.3 Å². The first-order valence-corrected chi connectivity index (χ1v) is 11.9. The quantitative estimate of drug-likeness (QED) is 0.418. The van der Waals surface area contributed by atoms with Gasteiger partial charge in [0.1, 0.15) is 17.6 Å². The minimum absolute atomic E-state index is 0.175. The summed E-state index contributed by atoms with van der Waals surface area (Å²) in [7, 11) is -3.70. The Balaban J connectivity index is 1.81. The number of hydrogen-bond acceptors (Lipinski definition) is 6. The number of benzene rings is 2. The highest BCUT2D eigenvalue weighted by atomic mass is 31.2. The molecule has 0 saturated heterocycles. The molecule has 0 fully saturated rings. The van der Waals surface area contributed by atoms with E-state index in [1.54, 1.807) is 20.0 Å². The second kappa shape index (κ2) is 9.10. The van der Waals surface area contributed by atoms with Gasteiger partial charge in [-0.15, -0.1) is 0 Å². The predicted molar refractivity (Wildman–Crippen MR) is 118 cm³/mol. The Morgan fingerprint density at radius 1 is 1.00 bits per heavy atom. The van der Waals surface area contributed by atoms with Crippen LogP contribution in [0.1, 0.15) is 29.9 Å². The number of rotatable bonds is 8. The van der Waals surface area contributed by atoms with E-state index in [1.165, 1.54) is 4.57 Å². The maximum absolute atomic E-state index is 13.4. The molecule has 4 rings (SSSR count). The summed E-state index contributed by atoms with van der Waals surface area (Å²) < 4.78 is 25.7. The Morgan fingerprint density at radius 2 is 1.61 bits per heavy atom. The van der Waals surface area contributed by atoms with Crippen molar-refractivity contribution in [1.29, 1.82) is 0 Å². The number of fused-ring (bicyclic) bond motifs is 1. The third kappa shape index (κ3) is 4.30. The summed E-state index contributed by atoms with van der Waals surface area (Å²) in [6.45, 7) is 3.80. The van der Waals surface area contributed by atoms with E-state index >= 15 is 0 Å². The fraction of sp³-hybridized carbons (Fsp3) is 0.261. The van der Waals surface area contributed by atoms with Crippen LogP contribution in [0.4, 0.5) is 5.82 Å². The van der Waals surface area contributed by atoms with Gasteiger partial charge in [0.05, 0.1) is 13.2 Å². The van der Waals surface area contributed by atoms with E-state index in [0.29, 0.717) is 23.6 Å². The molecule has 1 atom stereocenters. The standard InChI is InChI=1S/C23H24N3O4P/c1-3-29-31(28,30-4-2)22-23(27)26-16-20(18-13-9-6-10-14-18)24-19(21(26)25-22)15-17-11-7-5-8-12-17/h5-14,16,22H,3-4,15H2,1-2H3/p+1. The smallest absolute Gasteiger partial charge is 0.305 e. The molecule has 1 unspecified atom stereocenters. The van der Waals surface area contributed by atoms with E-state index in [1.807, 2.05) is 60.7 Å². The van der Waals surface area contributed by atoms with Gasteiger partial charge in [-0.2, -0.15) is 4.57 Å². The molecule has 160 valence electrons.